The van der Waals surface area contributed by atoms with Crippen LogP contribution in [0.3, 0.4) is 0 Å². The Bertz CT molecular complexity index is 1320. The van der Waals surface area contributed by atoms with Crippen molar-refractivity contribution in [3.05, 3.63) is 88.0 Å². The maximum Gasteiger partial charge on any atom is 0.351 e. The van der Waals surface area contributed by atoms with Crippen molar-refractivity contribution in [3.63, 3.8) is 0 Å². The zero-order valence-corrected chi connectivity index (χ0v) is 16.4. The van der Waals surface area contributed by atoms with Crippen LogP contribution in [-0.4, -0.2) is 19.0 Å². The van der Waals surface area contributed by atoms with Gasteiger partial charge in [-0.2, -0.15) is 0 Å². The van der Waals surface area contributed by atoms with Crippen LogP contribution in [0.5, 0.6) is 0 Å². The second kappa shape index (κ2) is 7.92. The molecule has 4 aromatic rings. The van der Waals surface area contributed by atoms with Crippen LogP contribution in [0.25, 0.3) is 21.4 Å². The minimum absolute atomic E-state index is 0.211. The Hall–Kier alpha value is -3.78. The molecule has 0 unspecified atom stereocenters. The Balaban J connectivity index is 1.60. The molecule has 0 atom stereocenters. The second-order valence-electron chi connectivity index (χ2n) is 6.32. The summed E-state index contributed by atoms with van der Waals surface area (Å²) in [6.45, 7) is 0. The Labute approximate surface area is 173 Å². The summed E-state index contributed by atoms with van der Waals surface area (Å²) in [5, 5.41) is 3.21. The van der Waals surface area contributed by atoms with Gasteiger partial charge >= 0.3 is 11.6 Å². The first-order valence-electron chi connectivity index (χ1n) is 8.78. The minimum Gasteiger partial charge on any atom is -0.465 e. The molecule has 0 saturated carbocycles. The number of hydrogen-bond acceptors (Lipinski definition) is 6. The third-order valence-corrected chi connectivity index (χ3v) is 5.35. The van der Waals surface area contributed by atoms with Crippen LogP contribution in [0.2, 0.25) is 0 Å². The number of thiophene rings is 1. The van der Waals surface area contributed by atoms with E-state index in [2.05, 4.69) is 10.1 Å². The first kappa shape index (κ1) is 19.5. The maximum absolute atomic E-state index is 13.1. The number of ether oxygens (including phenoxy) is 1. The number of esters is 1. The van der Waals surface area contributed by atoms with Crippen molar-refractivity contribution in [1.82, 2.24) is 0 Å². The molecule has 30 heavy (non-hydrogen) atoms. The fourth-order valence-electron chi connectivity index (χ4n) is 2.89. The molecule has 1 N–H and O–H groups in total. The lowest BCUT2D eigenvalue weighted by molar-refractivity contribution is 0.0596. The van der Waals surface area contributed by atoms with E-state index in [4.69, 9.17) is 4.42 Å². The normalized spacial score (nSPS) is 10.7. The predicted molar refractivity (Wildman–Crippen MR) is 111 cm³/mol. The highest BCUT2D eigenvalue weighted by atomic mass is 32.1. The summed E-state index contributed by atoms with van der Waals surface area (Å²) in [5.41, 5.74) is 1.20. The lowest BCUT2D eigenvalue weighted by Crippen LogP contribution is -2.14. The average Bonchev–Trinajstić information content (AvgIpc) is 3.14. The number of nitrogens with one attached hydrogen (secondary N) is 1. The Kier molecular flexibility index (Phi) is 5.16. The van der Waals surface area contributed by atoms with Gasteiger partial charge in [0.15, 0.2) is 5.58 Å². The van der Waals surface area contributed by atoms with E-state index in [1.165, 1.54) is 31.4 Å². The zero-order chi connectivity index (χ0) is 21.3. The fraction of sp³-hybridized carbons (Fsp3) is 0.0455. The lowest BCUT2D eigenvalue weighted by atomic mass is 10.0. The van der Waals surface area contributed by atoms with E-state index in [1.54, 1.807) is 30.3 Å². The van der Waals surface area contributed by atoms with E-state index in [-0.39, 0.29) is 22.9 Å². The van der Waals surface area contributed by atoms with E-state index in [0.29, 0.717) is 15.3 Å². The van der Waals surface area contributed by atoms with Crippen LogP contribution in [0, 0.1) is 5.82 Å². The van der Waals surface area contributed by atoms with Crippen molar-refractivity contribution in [2.45, 2.75) is 0 Å². The molecule has 4 rings (SSSR count). The van der Waals surface area contributed by atoms with Crippen molar-refractivity contribution in [2.24, 2.45) is 0 Å². The molecular formula is C22H14FNO5S. The van der Waals surface area contributed by atoms with Gasteiger partial charge in [-0.15, -0.1) is 11.3 Å². The molecule has 0 fully saturated rings. The second-order valence-corrected chi connectivity index (χ2v) is 7.40. The van der Waals surface area contributed by atoms with Crippen molar-refractivity contribution in [3.8, 4) is 11.1 Å². The number of fused-ring (bicyclic) bond motifs is 1. The van der Waals surface area contributed by atoms with E-state index in [0.717, 1.165) is 22.5 Å². The van der Waals surface area contributed by atoms with Crippen LogP contribution >= 0.6 is 11.3 Å². The smallest absolute Gasteiger partial charge is 0.351 e. The predicted octanol–water partition coefficient (Wildman–Crippen LogP) is 4.70. The summed E-state index contributed by atoms with van der Waals surface area (Å²) in [6, 6.07) is 15.8. The summed E-state index contributed by atoms with van der Waals surface area (Å²) >= 11 is 1.16. The van der Waals surface area contributed by atoms with Gasteiger partial charge < -0.3 is 14.5 Å². The van der Waals surface area contributed by atoms with Gasteiger partial charge in [-0.25, -0.2) is 14.0 Å². The van der Waals surface area contributed by atoms with Gasteiger partial charge in [-0.3, -0.25) is 4.79 Å². The van der Waals surface area contributed by atoms with Gasteiger partial charge in [-0.05, 0) is 41.5 Å². The number of halogens is 1. The standard InChI is InChI=1S/C22H14FNO5S/c1-28-21(26)16-10-18-17(29-22(16)27)11-19(30-18)24-20(25)14-4-2-3-13(9-14)12-5-7-15(23)8-6-12/h2-11H,1H3,(H,24,25). The zero-order valence-electron chi connectivity index (χ0n) is 15.6. The number of amides is 1. The van der Waals surface area contributed by atoms with Crippen molar-refractivity contribution in [2.75, 3.05) is 12.4 Å². The maximum atomic E-state index is 13.1. The van der Waals surface area contributed by atoms with E-state index >= 15 is 0 Å². The Morgan fingerprint density at radius 1 is 1.03 bits per heavy atom. The van der Waals surface area contributed by atoms with Gasteiger partial charge in [-0.1, -0.05) is 24.3 Å². The van der Waals surface area contributed by atoms with Gasteiger partial charge in [0.05, 0.1) is 16.8 Å². The molecule has 0 bridgehead atoms. The fourth-order valence-corrected chi connectivity index (χ4v) is 3.82. The molecule has 2 aromatic heterocycles. The number of carbonyl (C=O) groups is 2. The molecule has 150 valence electrons. The lowest BCUT2D eigenvalue weighted by Gasteiger charge is -2.06. The molecule has 2 aromatic carbocycles. The van der Waals surface area contributed by atoms with Crippen LogP contribution < -0.4 is 10.9 Å². The topological polar surface area (TPSA) is 85.6 Å². The van der Waals surface area contributed by atoms with Crippen LogP contribution in [0.1, 0.15) is 20.7 Å². The summed E-state index contributed by atoms with van der Waals surface area (Å²) in [6.07, 6.45) is 0. The molecule has 2 heterocycles. The molecule has 0 saturated heterocycles. The summed E-state index contributed by atoms with van der Waals surface area (Å²) < 4.78 is 23.4. The van der Waals surface area contributed by atoms with Gasteiger partial charge in [0, 0.05) is 11.6 Å². The van der Waals surface area contributed by atoms with Crippen LogP contribution in [0.15, 0.2) is 69.9 Å². The first-order chi connectivity index (χ1) is 14.4. The van der Waals surface area contributed by atoms with Gasteiger partial charge in [0.25, 0.3) is 5.91 Å². The van der Waals surface area contributed by atoms with E-state index < -0.39 is 11.6 Å². The third-order valence-electron chi connectivity index (χ3n) is 4.37. The number of hydrogen-bond donors (Lipinski definition) is 1. The molecule has 0 spiro atoms. The Morgan fingerprint density at radius 3 is 2.53 bits per heavy atom. The number of methoxy groups -OCH3 is 1. The first-order valence-corrected chi connectivity index (χ1v) is 9.59. The number of rotatable bonds is 4. The number of carbonyl (C=O) groups excluding carboxylic acids is 2. The summed E-state index contributed by atoms with van der Waals surface area (Å²) in [4.78, 5) is 36.2. The summed E-state index contributed by atoms with van der Waals surface area (Å²) in [5.74, 6) is -1.48. The number of anilines is 1. The van der Waals surface area contributed by atoms with Gasteiger partial charge in [0.1, 0.15) is 11.4 Å². The average molecular weight is 423 g/mol. The molecule has 0 aliphatic rings. The summed E-state index contributed by atoms with van der Waals surface area (Å²) in [7, 11) is 1.17. The molecule has 0 aliphatic heterocycles. The number of benzene rings is 2. The van der Waals surface area contributed by atoms with Crippen molar-refractivity contribution >= 4 is 38.5 Å². The highest BCUT2D eigenvalue weighted by Gasteiger charge is 2.17. The quantitative estimate of drug-likeness (QED) is 0.481. The third kappa shape index (κ3) is 3.85. The minimum atomic E-state index is -0.808. The molecule has 0 aliphatic carbocycles. The highest BCUT2D eigenvalue weighted by molar-refractivity contribution is 7.22. The molecular weight excluding hydrogens is 409 g/mol. The largest absolute Gasteiger partial charge is 0.465 e. The van der Waals surface area contributed by atoms with E-state index in [9.17, 15) is 18.8 Å². The Morgan fingerprint density at radius 2 is 1.80 bits per heavy atom. The molecule has 0 radical (unpaired) electrons. The van der Waals surface area contributed by atoms with E-state index in [1.807, 2.05) is 6.07 Å². The monoisotopic (exact) mass is 423 g/mol. The van der Waals surface area contributed by atoms with Gasteiger partial charge in [0.2, 0.25) is 0 Å². The molecule has 1 amide bonds. The highest BCUT2D eigenvalue weighted by Crippen LogP contribution is 2.30. The SMILES string of the molecule is COC(=O)c1cc2sc(NC(=O)c3cccc(-c4ccc(F)cc4)c3)cc2oc1=O. The van der Waals surface area contributed by atoms with Crippen LogP contribution in [-0.2, 0) is 4.74 Å². The van der Waals surface area contributed by atoms with Crippen LogP contribution in [0.4, 0.5) is 9.39 Å². The van der Waals surface area contributed by atoms with Crippen molar-refractivity contribution in [1.29, 1.82) is 0 Å². The molecule has 6 nitrogen and oxygen atoms in total. The van der Waals surface area contributed by atoms with Crippen molar-refractivity contribution < 1.29 is 23.1 Å². The molecule has 8 heteroatoms.